The molecule has 0 aromatic carbocycles. The summed E-state index contributed by atoms with van der Waals surface area (Å²) in [6, 6.07) is 0. The first-order valence-corrected chi connectivity index (χ1v) is 5.64. The van der Waals surface area contributed by atoms with Crippen LogP contribution in [0.5, 0.6) is 0 Å². The molecule has 0 amide bonds. The number of carbonyl (C=O) groups excluding carboxylic acids is 2. The van der Waals surface area contributed by atoms with E-state index in [9.17, 15) is 9.59 Å². The Balaban J connectivity index is 1.84. The van der Waals surface area contributed by atoms with Crippen LogP contribution in [0.3, 0.4) is 0 Å². The molecule has 0 unspecified atom stereocenters. The summed E-state index contributed by atoms with van der Waals surface area (Å²) < 4.78 is 10.8. The van der Waals surface area contributed by atoms with Gasteiger partial charge in [0.1, 0.15) is 0 Å². The maximum Gasteiger partial charge on any atom is 0.326 e. The molecule has 4 heteroatoms. The summed E-state index contributed by atoms with van der Waals surface area (Å²) in [5.74, 6) is -1.60. The lowest BCUT2D eigenvalue weighted by Crippen LogP contribution is -2.51. The second kappa shape index (κ2) is 2.74. The Morgan fingerprint density at radius 1 is 0.800 bits per heavy atom. The van der Waals surface area contributed by atoms with E-state index >= 15 is 0 Å². The van der Waals surface area contributed by atoms with Crippen LogP contribution >= 0.6 is 0 Å². The first-order chi connectivity index (χ1) is 7.17. The molecule has 0 aromatic rings. The maximum absolute atomic E-state index is 11.7. The van der Waals surface area contributed by atoms with Crippen LogP contribution in [0.15, 0.2) is 0 Å². The van der Waals surface area contributed by atoms with Gasteiger partial charge in [-0.1, -0.05) is 6.42 Å². The van der Waals surface area contributed by atoms with Crippen molar-refractivity contribution in [1.82, 2.24) is 0 Å². The van der Waals surface area contributed by atoms with Crippen molar-refractivity contribution in [2.45, 2.75) is 50.7 Å². The van der Waals surface area contributed by atoms with E-state index in [1.54, 1.807) is 0 Å². The van der Waals surface area contributed by atoms with Gasteiger partial charge in [-0.15, -0.1) is 0 Å². The molecule has 82 valence electrons. The molecule has 3 aliphatic rings. The SMILES string of the molecule is O=C1OC2(CCCCC2)OC(=O)C12CC2. The third-order valence-electron chi connectivity index (χ3n) is 3.70. The highest BCUT2D eigenvalue weighted by Gasteiger charge is 2.65. The first kappa shape index (κ1) is 9.19. The average Bonchev–Trinajstić information content (AvgIpc) is 2.97. The van der Waals surface area contributed by atoms with Gasteiger partial charge in [0, 0.05) is 12.8 Å². The minimum atomic E-state index is -0.903. The first-order valence-electron chi connectivity index (χ1n) is 5.64. The summed E-state index contributed by atoms with van der Waals surface area (Å²) in [6.07, 6.45) is 5.59. The van der Waals surface area contributed by atoms with Gasteiger partial charge >= 0.3 is 11.9 Å². The quantitative estimate of drug-likeness (QED) is 0.449. The van der Waals surface area contributed by atoms with Gasteiger partial charge < -0.3 is 9.47 Å². The highest BCUT2D eigenvalue weighted by atomic mass is 16.7. The van der Waals surface area contributed by atoms with E-state index in [0.29, 0.717) is 25.7 Å². The van der Waals surface area contributed by atoms with Gasteiger partial charge in [-0.3, -0.25) is 9.59 Å². The summed E-state index contributed by atoms with van der Waals surface area (Å²) in [4.78, 5) is 23.5. The summed E-state index contributed by atoms with van der Waals surface area (Å²) in [5, 5.41) is 0. The van der Waals surface area contributed by atoms with Crippen molar-refractivity contribution < 1.29 is 19.1 Å². The van der Waals surface area contributed by atoms with E-state index in [-0.39, 0.29) is 11.9 Å². The van der Waals surface area contributed by atoms with Crippen LogP contribution in [0.1, 0.15) is 44.9 Å². The largest absolute Gasteiger partial charge is 0.422 e. The van der Waals surface area contributed by atoms with Gasteiger partial charge in [0.05, 0.1) is 0 Å². The van der Waals surface area contributed by atoms with Gasteiger partial charge in [-0.2, -0.15) is 0 Å². The van der Waals surface area contributed by atoms with Crippen LogP contribution in [0.2, 0.25) is 0 Å². The van der Waals surface area contributed by atoms with Crippen molar-refractivity contribution in [2.24, 2.45) is 5.41 Å². The predicted molar refractivity (Wildman–Crippen MR) is 49.7 cm³/mol. The maximum atomic E-state index is 11.7. The van der Waals surface area contributed by atoms with E-state index in [1.807, 2.05) is 0 Å². The molecule has 2 spiro atoms. The number of esters is 2. The minimum Gasteiger partial charge on any atom is -0.422 e. The molecule has 1 saturated heterocycles. The molecule has 2 saturated carbocycles. The highest BCUT2D eigenvalue weighted by Crippen LogP contribution is 2.53. The number of hydrogen-bond acceptors (Lipinski definition) is 4. The number of ether oxygens (including phenoxy) is 2. The number of carbonyl (C=O) groups is 2. The standard InChI is InChI=1S/C11H14O4/c12-8-10(6-7-10)9(13)15-11(14-8)4-2-1-3-5-11/h1-7H2. The second-order valence-corrected chi connectivity index (χ2v) is 4.83. The normalized spacial score (nSPS) is 31.2. The van der Waals surface area contributed by atoms with Crippen molar-refractivity contribution in [1.29, 1.82) is 0 Å². The van der Waals surface area contributed by atoms with Crippen molar-refractivity contribution in [2.75, 3.05) is 0 Å². The fraction of sp³-hybridized carbons (Fsp3) is 0.818. The summed E-state index contributed by atoms with van der Waals surface area (Å²) in [5.41, 5.74) is -0.900. The average molecular weight is 210 g/mol. The van der Waals surface area contributed by atoms with Gasteiger partial charge in [-0.25, -0.2) is 0 Å². The monoisotopic (exact) mass is 210 g/mol. The lowest BCUT2D eigenvalue weighted by atomic mass is 9.92. The predicted octanol–water partition coefficient (Wildman–Crippen LogP) is 1.53. The lowest BCUT2D eigenvalue weighted by molar-refractivity contribution is -0.263. The molecule has 1 heterocycles. The number of rotatable bonds is 0. The van der Waals surface area contributed by atoms with Gasteiger partial charge in [0.2, 0.25) is 0 Å². The molecule has 1 aliphatic heterocycles. The van der Waals surface area contributed by atoms with Gasteiger partial charge in [-0.05, 0) is 25.7 Å². The lowest BCUT2D eigenvalue weighted by Gasteiger charge is -2.40. The van der Waals surface area contributed by atoms with E-state index in [0.717, 1.165) is 19.3 Å². The zero-order valence-corrected chi connectivity index (χ0v) is 8.58. The third kappa shape index (κ3) is 1.20. The molecule has 0 radical (unpaired) electrons. The molecule has 0 bridgehead atoms. The summed E-state index contributed by atoms with van der Waals surface area (Å²) in [6.45, 7) is 0. The fourth-order valence-corrected chi connectivity index (χ4v) is 2.47. The summed E-state index contributed by atoms with van der Waals surface area (Å²) >= 11 is 0. The second-order valence-electron chi connectivity index (χ2n) is 4.83. The fourth-order valence-electron chi connectivity index (χ4n) is 2.47. The van der Waals surface area contributed by atoms with E-state index in [2.05, 4.69) is 0 Å². The Bertz CT molecular complexity index is 301. The molecule has 15 heavy (non-hydrogen) atoms. The third-order valence-corrected chi connectivity index (χ3v) is 3.70. The zero-order chi connectivity index (χ0) is 10.5. The topological polar surface area (TPSA) is 52.6 Å². The Kier molecular flexibility index (Phi) is 1.68. The zero-order valence-electron chi connectivity index (χ0n) is 8.58. The van der Waals surface area contributed by atoms with Crippen LogP contribution < -0.4 is 0 Å². The van der Waals surface area contributed by atoms with Crippen LogP contribution in [0.4, 0.5) is 0 Å². The van der Waals surface area contributed by atoms with Crippen LogP contribution in [0, 0.1) is 5.41 Å². The molecule has 3 fully saturated rings. The molecule has 4 nitrogen and oxygen atoms in total. The molecular formula is C11H14O4. The molecule has 0 atom stereocenters. The Morgan fingerprint density at radius 3 is 1.80 bits per heavy atom. The van der Waals surface area contributed by atoms with E-state index < -0.39 is 11.2 Å². The van der Waals surface area contributed by atoms with Crippen molar-refractivity contribution in [3.8, 4) is 0 Å². The van der Waals surface area contributed by atoms with Crippen molar-refractivity contribution in [3.63, 3.8) is 0 Å². The van der Waals surface area contributed by atoms with Gasteiger partial charge in [0.25, 0.3) is 5.79 Å². The van der Waals surface area contributed by atoms with E-state index in [1.165, 1.54) is 0 Å². The van der Waals surface area contributed by atoms with Crippen LogP contribution in [0.25, 0.3) is 0 Å². The smallest absolute Gasteiger partial charge is 0.326 e. The highest BCUT2D eigenvalue weighted by molar-refractivity contribution is 6.04. The van der Waals surface area contributed by atoms with Crippen LogP contribution in [-0.2, 0) is 19.1 Å². The number of hydrogen-bond donors (Lipinski definition) is 0. The minimum absolute atomic E-state index is 0.347. The van der Waals surface area contributed by atoms with Crippen LogP contribution in [-0.4, -0.2) is 17.7 Å². The molecule has 0 N–H and O–H groups in total. The Labute approximate surface area is 87.9 Å². The summed E-state index contributed by atoms with van der Waals surface area (Å²) in [7, 11) is 0. The van der Waals surface area contributed by atoms with E-state index in [4.69, 9.17) is 9.47 Å². The molecule has 0 aromatic heterocycles. The van der Waals surface area contributed by atoms with Crippen molar-refractivity contribution >= 4 is 11.9 Å². The molecular weight excluding hydrogens is 196 g/mol. The van der Waals surface area contributed by atoms with Gasteiger partial charge in [0.15, 0.2) is 5.41 Å². The molecule has 3 rings (SSSR count). The van der Waals surface area contributed by atoms with Crippen molar-refractivity contribution in [3.05, 3.63) is 0 Å². The Morgan fingerprint density at radius 2 is 1.33 bits per heavy atom. The molecule has 2 aliphatic carbocycles. The Hall–Kier alpha value is -1.06.